The van der Waals surface area contributed by atoms with Crippen LogP contribution < -0.4 is 10.6 Å². The number of nitrogens with one attached hydrogen (secondary N) is 2. The molecule has 1 unspecified atom stereocenters. The van der Waals surface area contributed by atoms with Gasteiger partial charge in [-0.1, -0.05) is 6.92 Å². The fourth-order valence-electron chi connectivity index (χ4n) is 3.13. The van der Waals surface area contributed by atoms with Crippen molar-refractivity contribution in [3.05, 3.63) is 0 Å². The molecule has 10 atom stereocenters. The molecule has 9 N–H and O–H groups in total. The molecule has 2 fully saturated rings. The van der Waals surface area contributed by atoms with Gasteiger partial charge in [-0.25, -0.2) is 4.79 Å². The van der Waals surface area contributed by atoms with Crippen molar-refractivity contribution in [3.8, 4) is 0 Å². The molecular weight excluding hydrogens is 396 g/mol. The van der Waals surface area contributed by atoms with Crippen molar-refractivity contribution in [2.75, 3.05) is 19.8 Å². The van der Waals surface area contributed by atoms with Gasteiger partial charge < -0.3 is 60.6 Å². The highest BCUT2D eigenvalue weighted by Gasteiger charge is 2.50. The zero-order valence-electron chi connectivity index (χ0n) is 15.9. The zero-order chi connectivity index (χ0) is 21.7. The molecule has 0 radical (unpaired) electrons. The molecule has 170 valence electrons. The van der Waals surface area contributed by atoms with Crippen molar-refractivity contribution < 1.29 is 54.8 Å². The number of aliphatic hydroxyl groups is 7. The minimum atomic E-state index is -1.74. The van der Waals surface area contributed by atoms with Gasteiger partial charge in [0.2, 0.25) is 0 Å². The Morgan fingerprint density at radius 3 is 2.14 bits per heavy atom. The van der Waals surface area contributed by atoms with Crippen molar-refractivity contribution in [1.82, 2.24) is 10.6 Å². The first-order valence-electron chi connectivity index (χ1n) is 9.37. The largest absolute Gasteiger partial charge is 0.394 e. The molecule has 29 heavy (non-hydrogen) atoms. The molecule has 2 saturated heterocycles. The van der Waals surface area contributed by atoms with Crippen LogP contribution in [0.1, 0.15) is 13.3 Å². The molecule has 0 bridgehead atoms. The molecule has 2 rings (SSSR count). The second-order valence-corrected chi connectivity index (χ2v) is 6.96. The quantitative estimate of drug-likeness (QED) is 0.189. The highest BCUT2D eigenvalue weighted by atomic mass is 16.7. The number of urea groups is 1. The predicted octanol–water partition coefficient (Wildman–Crippen LogP) is -4.68. The molecular formula is C16H30N2O11. The molecule has 0 aliphatic carbocycles. The lowest BCUT2D eigenvalue weighted by Crippen LogP contribution is -2.67. The summed E-state index contributed by atoms with van der Waals surface area (Å²) in [7, 11) is 0. The van der Waals surface area contributed by atoms with E-state index in [0.29, 0.717) is 13.0 Å². The molecule has 0 saturated carbocycles. The van der Waals surface area contributed by atoms with E-state index in [1.54, 1.807) is 0 Å². The van der Waals surface area contributed by atoms with Crippen LogP contribution in [0.5, 0.6) is 0 Å². The second kappa shape index (κ2) is 10.8. The van der Waals surface area contributed by atoms with Crippen LogP contribution >= 0.6 is 0 Å². The van der Waals surface area contributed by atoms with E-state index < -0.39 is 80.6 Å². The number of rotatable bonds is 7. The number of carbonyl (C=O) groups excluding carboxylic acids is 1. The van der Waals surface area contributed by atoms with Crippen LogP contribution in [0.25, 0.3) is 0 Å². The Morgan fingerprint density at radius 2 is 1.55 bits per heavy atom. The van der Waals surface area contributed by atoms with Gasteiger partial charge in [0.05, 0.1) is 13.2 Å². The minimum absolute atomic E-state index is 0.378. The van der Waals surface area contributed by atoms with Gasteiger partial charge in [0.1, 0.15) is 48.8 Å². The summed E-state index contributed by atoms with van der Waals surface area (Å²) in [5, 5.41) is 74.0. The third kappa shape index (κ3) is 5.52. The van der Waals surface area contributed by atoms with Crippen molar-refractivity contribution in [1.29, 1.82) is 0 Å². The van der Waals surface area contributed by atoms with E-state index in [9.17, 15) is 40.5 Å². The Hall–Kier alpha value is -1.13. The lowest BCUT2D eigenvalue weighted by atomic mass is 9.96. The second-order valence-electron chi connectivity index (χ2n) is 6.96. The van der Waals surface area contributed by atoms with E-state index in [2.05, 4.69) is 10.6 Å². The van der Waals surface area contributed by atoms with Crippen molar-refractivity contribution >= 4 is 6.03 Å². The Morgan fingerprint density at radius 1 is 0.897 bits per heavy atom. The first kappa shape index (κ1) is 24.1. The van der Waals surface area contributed by atoms with Gasteiger partial charge in [-0.3, -0.25) is 0 Å². The van der Waals surface area contributed by atoms with E-state index in [1.165, 1.54) is 0 Å². The lowest BCUT2D eigenvalue weighted by molar-refractivity contribution is -0.342. The number of hydrogen-bond acceptors (Lipinski definition) is 11. The fraction of sp³-hybridized carbons (Fsp3) is 0.938. The number of aliphatic hydroxyl groups excluding tert-OH is 7. The molecule has 0 aromatic rings. The highest BCUT2D eigenvalue weighted by Crippen LogP contribution is 2.28. The van der Waals surface area contributed by atoms with Gasteiger partial charge in [0.15, 0.2) is 12.5 Å². The van der Waals surface area contributed by atoms with Crippen LogP contribution in [-0.4, -0.2) is 123 Å². The van der Waals surface area contributed by atoms with Gasteiger partial charge in [-0.15, -0.1) is 0 Å². The third-order valence-corrected chi connectivity index (χ3v) is 4.81. The molecule has 0 spiro atoms. The Bertz CT molecular complexity index is 523. The SMILES string of the molecule is CCCNC(=O)NC1O[C@H](CO)[C@@H](O[C@@H]2O[C@H](CO)[C@H](O)[C@H](O)[C@H]2O)[C@H](O)[C@H]1O. The Balaban J connectivity index is 2.06. The normalized spacial score (nSPS) is 43.0. The average molecular weight is 426 g/mol. The van der Waals surface area contributed by atoms with E-state index in [0.717, 1.165) is 0 Å². The van der Waals surface area contributed by atoms with Gasteiger partial charge >= 0.3 is 6.03 Å². The number of carbonyl (C=O) groups is 1. The molecule has 13 heteroatoms. The maximum Gasteiger partial charge on any atom is 0.316 e. The molecule has 2 heterocycles. The monoisotopic (exact) mass is 426 g/mol. The summed E-state index contributed by atoms with van der Waals surface area (Å²) < 4.78 is 16.0. The first-order valence-corrected chi connectivity index (χ1v) is 9.37. The van der Waals surface area contributed by atoms with Crippen LogP contribution in [-0.2, 0) is 14.2 Å². The van der Waals surface area contributed by atoms with Gasteiger partial charge in [-0.2, -0.15) is 0 Å². The molecule has 2 amide bonds. The molecule has 2 aliphatic rings. The molecule has 13 nitrogen and oxygen atoms in total. The summed E-state index contributed by atoms with van der Waals surface area (Å²) in [5.74, 6) is 0. The smallest absolute Gasteiger partial charge is 0.316 e. The number of hydrogen-bond donors (Lipinski definition) is 9. The Kier molecular flexibility index (Phi) is 8.96. The van der Waals surface area contributed by atoms with Crippen LogP contribution in [0.4, 0.5) is 4.79 Å². The van der Waals surface area contributed by atoms with E-state index in [1.807, 2.05) is 6.92 Å². The van der Waals surface area contributed by atoms with Gasteiger partial charge in [0, 0.05) is 6.54 Å². The number of ether oxygens (including phenoxy) is 3. The van der Waals surface area contributed by atoms with Crippen LogP contribution in [0.3, 0.4) is 0 Å². The van der Waals surface area contributed by atoms with Gasteiger partial charge in [0.25, 0.3) is 0 Å². The van der Waals surface area contributed by atoms with Crippen molar-refractivity contribution in [2.24, 2.45) is 0 Å². The third-order valence-electron chi connectivity index (χ3n) is 4.81. The van der Waals surface area contributed by atoms with Crippen molar-refractivity contribution in [3.63, 3.8) is 0 Å². The molecule has 0 aromatic carbocycles. The molecule has 0 aromatic heterocycles. The number of amides is 2. The fourth-order valence-corrected chi connectivity index (χ4v) is 3.13. The van der Waals surface area contributed by atoms with E-state index in [-0.39, 0.29) is 0 Å². The first-order chi connectivity index (χ1) is 13.7. The maximum atomic E-state index is 11.8. The van der Waals surface area contributed by atoms with E-state index >= 15 is 0 Å². The van der Waals surface area contributed by atoms with Crippen LogP contribution in [0, 0.1) is 0 Å². The van der Waals surface area contributed by atoms with Crippen LogP contribution in [0.15, 0.2) is 0 Å². The standard InChI is InChI=1S/C16H30N2O11/c1-2-3-17-16(26)18-14-11(24)10(23)13(7(5-20)27-14)29-15-12(25)9(22)8(21)6(4-19)28-15/h6-15,19-25H,2-5H2,1H3,(H2,17,18,26)/t6-,7-,8+,9+,10-,11-,12-,13-,14?,15+/m1/s1. The topological polar surface area (TPSA) is 210 Å². The van der Waals surface area contributed by atoms with Crippen molar-refractivity contribution in [2.45, 2.75) is 74.7 Å². The predicted molar refractivity (Wildman–Crippen MR) is 93.2 cm³/mol. The summed E-state index contributed by atoms with van der Waals surface area (Å²) in [6, 6.07) is -0.645. The summed E-state index contributed by atoms with van der Waals surface area (Å²) >= 11 is 0. The summed E-state index contributed by atoms with van der Waals surface area (Å²) in [6.45, 7) is 0.863. The van der Waals surface area contributed by atoms with Gasteiger partial charge in [-0.05, 0) is 6.42 Å². The zero-order valence-corrected chi connectivity index (χ0v) is 15.9. The summed E-state index contributed by atoms with van der Waals surface area (Å²) in [6.07, 6.45) is -14.6. The van der Waals surface area contributed by atoms with Crippen LogP contribution in [0.2, 0.25) is 0 Å². The average Bonchev–Trinajstić information content (AvgIpc) is 2.71. The summed E-state index contributed by atoms with van der Waals surface area (Å²) in [5.41, 5.74) is 0. The van der Waals surface area contributed by atoms with E-state index in [4.69, 9.17) is 14.2 Å². The lowest BCUT2D eigenvalue weighted by Gasteiger charge is -2.46. The maximum absolute atomic E-state index is 11.8. The summed E-state index contributed by atoms with van der Waals surface area (Å²) in [4.78, 5) is 11.8. The Labute approximate surface area is 166 Å². The molecule has 2 aliphatic heterocycles. The highest BCUT2D eigenvalue weighted by molar-refractivity contribution is 5.74. The minimum Gasteiger partial charge on any atom is -0.394 e.